The maximum atomic E-state index is 13.3. The summed E-state index contributed by atoms with van der Waals surface area (Å²) in [7, 11) is 4.06. The van der Waals surface area contributed by atoms with Gasteiger partial charge in [0.1, 0.15) is 5.75 Å². The zero-order valence-corrected chi connectivity index (χ0v) is 18.4. The van der Waals surface area contributed by atoms with Crippen molar-refractivity contribution in [1.82, 2.24) is 9.88 Å². The number of ether oxygens (including phenoxy) is 1. The molecule has 1 aliphatic rings. The zero-order valence-electron chi connectivity index (χ0n) is 18.4. The first-order valence-electron chi connectivity index (χ1n) is 10.5. The molecule has 0 bridgehead atoms. The van der Waals surface area contributed by atoms with Crippen molar-refractivity contribution in [2.45, 2.75) is 32.4 Å². The smallest absolute Gasteiger partial charge is 0.295 e. The molecule has 164 valence electrons. The number of rotatable bonds is 8. The van der Waals surface area contributed by atoms with Gasteiger partial charge in [0.25, 0.3) is 5.91 Å². The highest BCUT2D eigenvalue weighted by atomic mass is 16.5. The van der Waals surface area contributed by atoms with Gasteiger partial charge in [-0.2, -0.15) is 0 Å². The number of carbonyl (C=O) groups excluding carboxylic acids is 2. The molecule has 1 aromatic carbocycles. The molecule has 0 saturated carbocycles. The molecule has 1 fully saturated rings. The molecule has 1 saturated heterocycles. The third kappa shape index (κ3) is 5.11. The lowest BCUT2D eigenvalue weighted by Crippen LogP contribution is -3.05. The van der Waals surface area contributed by atoms with Gasteiger partial charge in [-0.05, 0) is 43.2 Å². The van der Waals surface area contributed by atoms with Crippen LogP contribution in [0.15, 0.2) is 54.4 Å². The zero-order chi connectivity index (χ0) is 22.5. The molecule has 7 nitrogen and oxygen atoms in total. The van der Waals surface area contributed by atoms with E-state index in [4.69, 9.17) is 4.74 Å². The summed E-state index contributed by atoms with van der Waals surface area (Å²) in [5, 5.41) is 13.3. The molecule has 3 rings (SSSR count). The molecule has 0 spiro atoms. The Morgan fingerprint density at radius 1 is 1.19 bits per heavy atom. The Hall–Kier alpha value is -3.19. The van der Waals surface area contributed by atoms with Gasteiger partial charge in [-0.15, -0.1) is 0 Å². The number of Topliss-reactive ketones (excluding diaryl/α,β-unsaturated/α-hetero) is 1. The number of hydrogen-bond acceptors (Lipinski definition) is 5. The summed E-state index contributed by atoms with van der Waals surface area (Å²) in [5.74, 6) is -1.17. The van der Waals surface area contributed by atoms with Crippen LogP contribution in [0.2, 0.25) is 0 Å². The molecule has 1 aliphatic heterocycles. The van der Waals surface area contributed by atoms with Crippen LogP contribution in [0.3, 0.4) is 0 Å². The van der Waals surface area contributed by atoms with Crippen molar-refractivity contribution < 1.29 is 24.3 Å². The molecule has 0 radical (unpaired) electrons. The van der Waals surface area contributed by atoms with Crippen molar-refractivity contribution in [3.8, 4) is 5.75 Å². The Morgan fingerprint density at radius 3 is 2.48 bits per heavy atom. The number of hydrogen-bond donors (Lipinski definition) is 1. The van der Waals surface area contributed by atoms with Crippen molar-refractivity contribution in [3.05, 3.63) is 65.5 Å². The highest BCUT2D eigenvalue weighted by molar-refractivity contribution is 6.46. The molecule has 2 heterocycles. The third-order valence-electron chi connectivity index (χ3n) is 5.09. The fraction of sp³-hybridized carbons (Fsp3) is 0.375. The Bertz CT molecular complexity index is 953. The summed E-state index contributed by atoms with van der Waals surface area (Å²) in [6.07, 6.45) is 3.96. The largest absolute Gasteiger partial charge is 0.872 e. The van der Waals surface area contributed by atoms with E-state index in [1.54, 1.807) is 48.8 Å². The topological polar surface area (TPSA) is 87.0 Å². The number of aromatic nitrogens is 1. The molecule has 2 aromatic rings. The van der Waals surface area contributed by atoms with Gasteiger partial charge in [0.15, 0.2) is 0 Å². The van der Waals surface area contributed by atoms with Crippen molar-refractivity contribution in [2.75, 3.05) is 27.2 Å². The van der Waals surface area contributed by atoms with Crippen molar-refractivity contribution >= 4 is 17.4 Å². The van der Waals surface area contributed by atoms with Crippen LogP contribution in [0.5, 0.6) is 5.75 Å². The summed E-state index contributed by atoms with van der Waals surface area (Å²) < 4.78 is 5.63. The first-order chi connectivity index (χ1) is 14.8. The lowest BCUT2D eigenvalue weighted by Gasteiger charge is -2.27. The van der Waals surface area contributed by atoms with E-state index in [2.05, 4.69) is 4.98 Å². The standard InChI is InChI=1S/C24H29N3O4/c1-16(2)31-19-10-8-17(9-11-19)22(28)20-21(18-7-5-12-25-15-18)27(24(30)23(20)29)14-6-13-26(3)4/h5,7-12,15-16,21,28H,6,13-14H2,1-4H3. The molecule has 31 heavy (non-hydrogen) atoms. The monoisotopic (exact) mass is 423 g/mol. The van der Waals surface area contributed by atoms with Gasteiger partial charge in [-0.25, -0.2) is 0 Å². The van der Waals surface area contributed by atoms with E-state index >= 15 is 0 Å². The van der Waals surface area contributed by atoms with Gasteiger partial charge in [0.05, 0.1) is 32.8 Å². The first kappa shape index (κ1) is 22.5. The number of ketones is 1. The van der Waals surface area contributed by atoms with Gasteiger partial charge in [-0.3, -0.25) is 14.6 Å². The van der Waals surface area contributed by atoms with Crippen LogP contribution in [-0.2, 0) is 9.59 Å². The van der Waals surface area contributed by atoms with Gasteiger partial charge in [0.2, 0.25) is 5.78 Å². The molecule has 7 heteroatoms. The van der Waals surface area contributed by atoms with Gasteiger partial charge in [-0.1, -0.05) is 24.0 Å². The number of nitrogens with one attached hydrogen (secondary N) is 1. The fourth-order valence-corrected chi connectivity index (χ4v) is 3.70. The molecule has 1 N–H and O–H groups in total. The molecule has 1 amide bonds. The van der Waals surface area contributed by atoms with Crippen LogP contribution in [0.4, 0.5) is 0 Å². The molecule has 1 aromatic heterocycles. The normalized spacial score (nSPS) is 18.3. The number of pyridine rings is 1. The molecule has 0 aliphatic carbocycles. The number of nitrogens with zero attached hydrogens (tertiary/aromatic N) is 2. The predicted octanol–water partition coefficient (Wildman–Crippen LogP) is 0.627. The Labute approximate surface area is 183 Å². The maximum absolute atomic E-state index is 13.3. The van der Waals surface area contributed by atoms with E-state index in [1.165, 1.54) is 9.80 Å². The predicted molar refractivity (Wildman–Crippen MR) is 115 cm³/mol. The van der Waals surface area contributed by atoms with E-state index in [0.29, 0.717) is 23.4 Å². The minimum Gasteiger partial charge on any atom is -0.872 e. The van der Waals surface area contributed by atoms with E-state index < -0.39 is 23.5 Å². The van der Waals surface area contributed by atoms with Crippen LogP contribution in [-0.4, -0.2) is 54.9 Å². The Kier molecular flexibility index (Phi) is 7.07. The third-order valence-corrected chi connectivity index (χ3v) is 5.09. The van der Waals surface area contributed by atoms with Crippen LogP contribution < -0.4 is 14.7 Å². The van der Waals surface area contributed by atoms with Crippen molar-refractivity contribution in [1.29, 1.82) is 0 Å². The summed E-state index contributed by atoms with van der Waals surface area (Å²) in [5.41, 5.74) is 0.982. The SMILES string of the molecule is CC(C)Oc1ccc(C([O-])=C2C(=O)C(=O)N(CCC[NH+](C)C)C2c2cccnc2)cc1. The second kappa shape index (κ2) is 9.75. The summed E-state index contributed by atoms with van der Waals surface area (Å²) in [6.45, 7) is 5.08. The lowest BCUT2D eigenvalue weighted by atomic mass is 9.96. The Balaban J connectivity index is 2.01. The Morgan fingerprint density at radius 2 is 1.90 bits per heavy atom. The highest BCUT2D eigenvalue weighted by Crippen LogP contribution is 2.38. The van der Waals surface area contributed by atoms with Crippen LogP contribution in [0.1, 0.15) is 37.4 Å². The second-order valence-corrected chi connectivity index (χ2v) is 8.26. The average Bonchev–Trinajstić information content (AvgIpc) is 2.99. The summed E-state index contributed by atoms with van der Waals surface area (Å²) >= 11 is 0. The minimum atomic E-state index is -0.737. The van der Waals surface area contributed by atoms with E-state index in [1.807, 2.05) is 27.9 Å². The summed E-state index contributed by atoms with van der Waals surface area (Å²) in [6, 6.07) is 9.46. The number of carbonyl (C=O) groups is 2. The fourth-order valence-electron chi connectivity index (χ4n) is 3.70. The second-order valence-electron chi connectivity index (χ2n) is 8.26. The highest BCUT2D eigenvalue weighted by Gasteiger charge is 2.44. The lowest BCUT2D eigenvalue weighted by molar-refractivity contribution is -0.858. The number of benzene rings is 1. The maximum Gasteiger partial charge on any atom is 0.295 e. The quantitative estimate of drug-likeness (QED) is 0.382. The van der Waals surface area contributed by atoms with Crippen LogP contribution >= 0.6 is 0 Å². The number of likely N-dealkylation sites (tertiary alicyclic amines) is 1. The molecular formula is C24H29N3O4. The molecule has 1 atom stereocenters. The van der Waals surface area contributed by atoms with Crippen molar-refractivity contribution in [2.24, 2.45) is 0 Å². The van der Waals surface area contributed by atoms with Crippen LogP contribution in [0, 0.1) is 0 Å². The van der Waals surface area contributed by atoms with E-state index in [9.17, 15) is 14.7 Å². The van der Waals surface area contributed by atoms with Gasteiger partial charge in [0, 0.05) is 30.9 Å². The average molecular weight is 424 g/mol. The van der Waals surface area contributed by atoms with Crippen LogP contribution in [0.25, 0.3) is 5.76 Å². The van der Waals surface area contributed by atoms with Crippen molar-refractivity contribution in [3.63, 3.8) is 0 Å². The van der Waals surface area contributed by atoms with Gasteiger partial charge >= 0.3 is 0 Å². The number of quaternary nitrogens is 1. The first-order valence-corrected chi connectivity index (χ1v) is 10.5. The van der Waals surface area contributed by atoms with Gasteiger partial charge < -0.3 is 19.6 Å². The number of amides is 1. The van der Waals surface area contributed by atoms with E-state index in [0.717, 1.165) is 13.0 Å². The molecular weight excluding hydrogens is 394 g/mol. The minimum absolute atomic E-state index is 0.0116. The van der Waals surface area contributed by atoms with E-state index in [-0.39, 0.29) is 11.7 Å². The molecule has 1 unspecified atom stereocenters. The summed E-state index contributed by atoms with van der Waals surface area (Å²) in [4.78, 5) is 32.7.